The van der Waals surface area contributed by atoms with Crippen molar-refractivity contribution in [1.29, 1.82) is 0 Å². The summed E-state index contributed by atoms with van der Waals surface area (Å²) in [4.78, 5) is 11.4. The normalized spacial score (nSPS) is 11.2. The molecule has 0 radical (unpaired) electrons. The lowest BCUT2D eigenvalue weighted by atomic mass is 10.3. The van der Waals surface area contributed by atoms with E-state index in [1.807, 2.05) is 12.1 Å². The molecule has 0 unspecified atom stereocenters. The van der Waals surface area contributed by atoms with Gasteiger partial charge in [-0.1, -0.05) is 40.9 Å². The second kappa shape index (κ2) is 7.26. The van der Waals surface area contributed by atoms with Crippen molar-refractivity contribution in [3.05, 3.63) is 67.3 Å². The van der Waals surface area contributed by atoms with Crippen LogP contribution in [0.1, 0.15) is 11.3 Å². The Balaban J connectivity index is 1.88. The standard InChI is InChI=1S/C15H11Cl3N6O/c1-8-11(6-19-21-12-7-20-22-15(25)13(12)17)14(18)24(23-8)10-4-2-3-9(16)5-10/h2-7H,1H3,(H2,21,22,25)/b19-6-. The molecule has 0 fully saturated rings. The van der Waals surface area contributed by atoms with Crippen molar-refractivity contribution >= 4 is 46.7 Å². The molecule has 2 N–H and O–H groups in total. The molecule has 0 atom stereocenters. The average Bonchev–Trinajstić information content (AvgIpc) is 2.86. The molecule has 0 aliphatic rings. The largest absolute Gasteiger partial charge is 0.285 e. The van der Waals surface area contributed by atoms with Crippen LogP contribution in [0.25, 0.3) is 5.69 Å². The van der Waals surface area contributed by atoms with Gasteiger partial charge in [-0.15, -0.1) is 0 Å². The summed E-state index contributed by atoms with van der Waals surface area (Å²) in [5, 5.41) is 15.2. The van der Waals surface area contributed by atoms with E-state index in [0.717, 1.165) is 5.69 Å². The Hall–Kier alpha value is -2.35. The molecule has 1 aromatic carbocycles. The Bertz CT molecular complexity index is 1010. The molecule has 0 saturated carbocycles. The highest BCUT2D eigenvalue weighted by atomic mass is 35.5. The molecule has 128 valence electrons. The second-order valence-electron chi connectivity index (χ2n) is 4.98. The van der Waals surface area contributed by atoms with Crippen molar-refractivity contribution in [1.82, 2.24) is 20.0 Å². The van der Waals surface area contributed by atoms with Crippen molar-refractivity contribution in [2.45, 2.75) is 6.92 Å². The Kier molecular flexibility index (Phi) is 5.08. The zero-order valence-electron chi connectivity index (χ0n) is 12.8. The number of aromatic amines is 1. The highest BCUT2D eigenvalue weighted by Gasteiger charge is 2.13. The van der Waals surface area contributed by atoms with Crippen LogP contribution < -0.4 is 11.0 Å². The van der Waals surface area contributed by atoms with Crippen LogP contribution >= 0.6 is 34.8 Å². The number of rotatable bonds is 4. The van der Waals surface area contributed by atoms with E-state index in [4.69, 9.17) is 34.8 Å². The summed E-state index contributed by atoms with van der Waals surface area (Å²) >= 11 is 18.3. The van der Waals surface area contributed by atoms with Gasteiger partial charge in [0.1, 0.15) is 15.9 Å². The van der Waals surface area contributed by atoms with Crippen LogP contribution in [0.4, 0.5) is 5.69 Å². The summed E-state index contributed by atoms with van der Waals surface area (Å²) in [5.74, 6) is 0. The first-order chi connectivity index (χ1) is 12.0. The number of hydrogen-bond acceptors (Lipinski definition) is 5. The van der Waals surface area contributed by atoms with Crippen molar-refractivity contribution < 1.29 is 0 Å². The SMILES string of the molecule is Cc1nn(-c2cccc(Cl)c2)c(Cl)c1/C=N\Nc1cn[nH]c(=O)c1Cl. The highest BCUT2D eigenvalue weighted by molar-refractivity contribution is 6.33. The number of halogens is 3. The van der Waals surface area contributed by atoms with Crippen molar-refractivity contribution in [3.63, 3.8) is 0 Å². The molecular weight excluding hydrogens is 387 g/mol. The molecule has 10 heteroatoms. The first kappa shape index (κ1) is 17.5. The molecule has 0 amide bonds. The summed E-state index contributed by atoms with van der Waals surface area (Å²) in [7, 11) is 0. The summed E-state index contributed by atoms with van der Waals surface area (Å²) < 4.78 is 1.56. The molecule has 7 nitrogen and oxygen atoms in total. The number of nitrogens with one attached hydrogen (secondary N) is 2. The van der Waals surface area contributed by atoms with Crippen LogP contribution in [-0.4, -0.2) is 26.2 Å². The lowest BCUT2D eigenvalue weighted by Gasteiger charge is -2.03. The lowest BCUT2D eigenvalue weighted by Crippen LogP contribution is -2.10. The number of aromatic nitrogens is 4. The van der Waals surface area contributed by atoms with E-state index in [1.165, 1.54) is 12.4 Å². The van der Waals surface area contributed by atoms with Gasteiger partial charge in [-0.2, -0.15) is 15.3 Å². The van der Waals surface area contributed by atoms with E-state index >= 15 is 0 Å². The summed E-state index contributed by atoms with van der Waals surface area (Å²) in [5.41, 5.74) is 4.44. The van der Waals surface area contributed by atoms with E-state index in [1.54, 1.807) is 23.7 Å². The molecule has 0 aliphatic carbocycles. The van der Waals surface area contributed by atoms with Crippen LogP contribution in [0, 0.1) is 6.92 Å². The zero-order valence-corrected chi connectivity index (χ0v) is 15.1. The van der Waals surface area contributed by atoms with Crippen LogP contribution in [0.3, 0.4) is 0 Å². The summed E-state index contributed by atoms with van der Waals surface area (Å²) in [6.07, 6.45) is 2.84. The van der Waals surface area contributed by atoms with Crippen LogP contribution in [-0.2, 0) is 0 Å². The van der Waals surface area contributed by atoms with Crippen LogP contribution in [0.2, 0.25) is 15.2 Å². The number of benzene rings is 1. The Morgan fingerprint density at radius 3 is 2.88 bits per heavy atom. The third-order valence-electron chi connectivity index (χ3n) is 3.27. The maximum Gasteiger partial charge on any atom is 0.285 e. The number of hydrazone groups is 1. The van der Waals surface area contributed by atoms with E-state index < -0.39 is 5.56 Å². The van der Waals surface area contributed by atoms with Gasteiger partial charge in [-0.25, -0.2) is 9.78 Å². The van der Waals surface area contributed by atoms with Crippen LogP contribution in [0.5, 0.6) is 0 Å². The molecule has 0 aliphatic heterocycles. The molecule has 2 heterocycles. The van der Waals surface area contributed by atoms with Gasteiger partial charge in [-0.05, 0) is 25.1 Å². The Morgan fingerprint density at radius 1 is 1.32 bits per heavy atom. The maximum atomic E-state index is 11.4. The van der Waals surface area contributed by atoms with E-state index in [0.29, 0.717) is 21.4 Å². The minimum absolute atomic E-state index is 0.0374. The molecule has 0 bridgehead atoms. The van der Waals surface area contributed by atoms with Crippen LogP contribution in [0.15, 0.2) is 40.4 Å². The first-order valence-corrected chi connectivity index (χ1v) is 8.14. The average molecular weight is 398 g/mol. The monoisotopic (exact) mass is 396 g/mol. The highest BCUT2D eigenvalue weighted by Crippen LogP contribution is 2.24. The maximum absolute atomic E-state index is 11.4. The van der Waals surface area contributed by atoms with Crippen molar-refractivity contribution in [2.24, 2.45) is 5.10 Å². The Morgan fingerprint density at radius 2 is 2.12 bits per heavy atom. The van der Waals surface area contributed by atoms with Gasteiger partial charge in [0.2, 0.25) is 0 Å². The first-order valence-electron chi connectivity index (χ1n) is 7.00. The third kappa shape index (κ3) is 3.68. The Labute approximate surface area is 157 Å². The molecule has 3 aromatic rings. The fourth-order valence-corrected chi connectivity index (χ4v) is 2.70. The molecular formula is C15H11Cl3N6O. The number of H-pyrrole nitrogens is 1. The number of hydrogen-bond donors (Lipinski definition) is 2. The molecule has 0 spiro atoms. The molecule has 3 rings (SSSR count). The topological polar surface area (TPSA) is 88.0 Å². The minimum Gasteiger partial charge on any atom is -0.275 e. The third-order valence-corrected chi connectivity index (χ3v) is 4.25. The predicted octanol–water partition coefficient (Wildman–Crippen LogP) is 3.67. The van der Waals surface area contributed by atoms with Gasteiger partial charge < -0.3 is 0 Å². The zero-order chi connectivity index (χ0) is 18.0. The molecule has 2 aromatic heterocycles. The smallest absolute Gasteiger partial charge is 0.275 e. The van der Waals surface area contributed by atoms with Gasteiger partial charge in [0.05, 0.1) is 29.4 Å². The van der Waals surface area contributed by atoms with Gasteiger partial charge in [0.15, 0.2) is 0 Å². The fraction of sp³-hybridized carbons (Fsp3) is 0.0667. The molecule has 25 heavy (non-hydrogen) atoms. The van der Waals surface area contributed by atoms with E-state index in [-0.39, 0.29) is 10.7 Å². The summed E-state index contributed by atoms with van der Waals surface area (Å²) in [6, 6.07) is 7.16. The minimum atomic E-state index is -0.509. The number of anilines is 1. The van der Waals surface area contributed by atoms with Crippen molar-refractivity contribution in [2.75, 3.05) is 5.43 Å². The van der Waals surface area contributed by atoms with Crippen molar-refractivity contribution in [3.8, 4) is 5.69 Å². The van der Waals surface area contributed by atoms with Gasteiger partial charge >= 0.3 is 0 Å². The van der Waals surface area contributed by atoms with Gasteiger partial charge in [0.25, 0.3) is 5.56 Å². The molecule has 0 saturated heterocycles. The predicted molar refractivity (Wildman–Crippen MR) is 99.4 cm³/mol. The quantitative estimate of drug-likeness (QED) is 0.519. The van der Waals surface area contributed by atoms with E-state index in [9.17, 15) is 4.79 Å². The lowest BCUT2D eigenvalue weighted by molar-refractivity contribution is 0.863. The van der Waals surface area contributed by atoms with Gasteiger partial charge in [0, 0.05) is 5.02 Å². The second-order valence-corrected chi connectivity index (χ2v) is 6.15. The van der Waals surface area contributed by atoms with E-state index in [2.05, 4.69) is 25.8 Å². The number of aryl methyl sites for hydroxylation is 1. The fourth-order valence-electron chi connectivity index (χ4n) is 2.06. The number of nitrogens with zero attached hydrogens (tertiary/aromatic N) is 4. The van der Waals surface area contributed by atoms with Gasteiger partial charge in [-0.3, -0.25) is 10.2 Å². The summed E-state index contributed by atoms with van der Waals surface area (Å²) in [6.45, 7) is 1.80.